The van der Waals surface area contributed by atoms with Gasteiger partial charge in [0.05, 0.1) is 21.7 Å². The Kier molecular flexibility index (Phi) is 7.45. The predicted molar refractivity (Wildman–Crippen MR) is 123 cm³/mol. The number of anilines is 1. The van der Waals surface area contributed by atoms with E-state index < -0.39 is 10.0 Å². The van der Waals surface area contributed by atoms with Crippen LogP contribution in [-0.4, -0.2) is 31.7 Å². The Balaban J connectivity index is 1.64. The van der Waals surface area contributed by atoms with E-state index in [1.54, 1.807) is 18.2 Å². The number of hydrogen-bond acceptors (Lipinski definition) is 3. The van der Waals surface area contributed by atoms with Gasteiger partial charge in [0.25, 0.3) is 0 Å². The Hall–Kier alpha value is -1.60. The van der Waals surface area contributed by atoms with Gasteiger partial charge in [0, 0.05) is 18.8 Å². The summed E-state index contributed by atoms with van der Waals surface area (Å²) in [5.74, 6) is -0.286. The van der Waals surface area contributed by atoms with Gasteiger partial charge in [-0.25, -0.2) is 12.7 Å². The second-order valence-electron chi connectivity index (χ2n) is 7.97. The maximum absolute atomic E-state index is 12.9. The van der Waals surface area contributed by atoms with E-state index >= 15 is 0 Å². The third-order valence-corrected chi connectivity index (χ3v) is 7.88. The normalized spacial score (nSPS) is 17.8. The highest BCUT2D eigenvalue weighted by molar-refractivity contribution is 7.88. The molecule has 2 aromatic carbocycles. The van der Waals surface area contributed by atoms with Gasteiger partial charge < -0.3 is 5.32 Å². The number of halogens is 2. The van der Waals surface area contributed by atoms with E-state index in [9.17, 15) is 13.2 Å². The summed E-state index contributed by atoms with van der Waals surface area (Å²) in [6, 6.07) is 12.6. The van der Waals surface area contributed by atoms with E-state index in [2.05, 4.69) is 19.2 Å². The monoisotopic (exact) mass is 468 g/mol. The lowest BCUT2D eigenvalue weighted by molar-refractivity contribution is -0.120. The van der Waals surface area contributed by atoms with Crippen LogP contribution in [0.2, 0.25) is 10.0 Å². The molecular formula is C22H26Cl2N2O3S. The third kappa shape index (κ3) is 5.76. The van der Waals surface area contributed by atoms with Crippen molar-refractivity contribution < 1.29 is 13.2 Å². The Morgan fingerprint density at radius 1 is 1.13 bits per heavy atom. The van der Waals surface area contributed by atoms with Gasteiger partial charge >= 0.3 is 0 Å². The topological polar surface area (TPSA) is 66.5 Å². The molecule has 1 unspecified atom stereocenters. The maximum Gasteiger partial charge on any atom is 0.228 e. The molecule has 1 atom stereocenters. The van der Waals surface area contributed by atoms with Gasteiger partial charge in [-0.1, -0.05) is 55.2 Å². The molecule has 1 fully saturated rings. The van der Waals surface area contributed by atoms with Crippen molar-refractivity contribution in [1.82, 2.24) is 4.31 Å². The fraction of sp³-hybridized carbons (Fsp3) is 0.409. The summed E-state index contributed by atoms with van der Waals surface area (Å²) in [6.07, 6.45) is 1.31. The van der Waals surface area contributed by atoms with Crippen LogP contribution < -0.4 is 5.32 Å². The van der Waals surface area contributed by atoms with Crippen LogP contribution in [0.15, 0.2) is 42.5 Å². The number of hydrogen-bond donors (Lipinski definition) is 1. The number of benzene rings is 2. The smallest absolute Gasteiger partial charge is 0.228 e. The quantitative estimate of drug-likeness (QED) is 0.625. The number of nitrogens with zero attached hydrogens (tertiary/aromatic N) is 1. The summed E-state index contributed by atoms with van der Waals surface area (Å²) in [4.78, 5) is 12.7. The van der Waals surface area contributed by atoms with E-state index in [0.717, 1.165) is 5.69 Å². The molecule has 1 aliphatic heterocycles. The summed E-state index contributed by atoms with van der Waals surface area (Å²) >= 11 is 11.9. The van der Waals surface area contributed by atoms with Crippen LogP contribution in [-0.2, 0) is 20.6 Å². The van der Waals surface area contributed by atoms with Gasteiger partial charge in [-0.05, 0) is 54.2 Å². The van der Waals surface area contributed by atoms with Crippen LogP contribution in [0.5, 0.6) is 0 Å². The summed E-state index contributed by atoms with van der Waals surface area (Å²) in [6.45, 7) is 4.82. The molecule has 0 bridgehead atoms. The predicted octanol–water partition coefficient (Wildman–Crippen LogP) is 5.30. The standard InChI is InChI=1S/C22H26Cl2N2O3S/c1-15(2)17-6-8-19(9-7-17)25-22(27)18-4-3-11-26(13-18)30(28,29)14-16-5-10-20(23)21(24)12-16/h5-10,12,15,18H,3-4,11,13-14H2,1-2H3,(H,25,27). The number of piperidine rings is 1. The number of carbonyl (C=O) groups excluding carboxylic acids is 1. The summed E-state index contributed by atoms with van der Waals surface area (Å²) in [5.41, 5.74) is 2.49. The van der Waals surface area contributed by atoms with Crippen LogP contribution in [0.25, 0.3) is 0 Å². The zero-order chi connectivity index (χ0) is 21.9. The number of amides is 1. The second-order valence-corrected chi connectivity index (χ2v) is 10.8. The van der Waals surface area contributed by atoms with Crippen LogP contribution in [0.3, 0.4) is 0 Å². The molecule has 1 amide bonds. The van der Waals surface area contributed by atoms with Crippen molar-refractivity contribution in [3.8, 4) is 0 Å². The van der Waals surface area contributed by atoms with E-state index in [1.165, 1.54) is 9.87 Å². The average molecular weight is 469 g/mol. The van der Waals surface area contributed by atoms with Gasteiger partial charge in [0.15, 0.2) is 0 Å². The molecule has 162 valence electrons. The minimum atomic E-state index is -3.57. The van der Waals surface area contributed by atoms with Crippen molar-refractivity contribution in [3.63, 3.8) is 0 Å². The third-order valence-electron chi connectivity index (χ3n) is 5.33. The number of sulfonamides is 1. The molecule has 0 aromatic heterocycles. The van der Waals surface area contributed by atoms with Crippen molar-refractivity contribution in [1.29, 1.82) is 0 Å². The summed E-state index contributed by atoms with van der Waals surface area (Å²) in [7, 11) is -3.57. The van der Waals surface area contributed by atoms with Crippen LogP contribution >= 0.6 is 23.2 Å². The van der Waals surface area contributed by atoms with Crippen LogP contribution in [0.1, 0.15) is 43.7 Å². The highest BCUT2D eigenvalue weighted by atomic mass is 35.5. The number of carbonyl (C=O) groups is 1. The lowest BCUT2D eigenvalue weighted by Gasteiger charge is -2.31. The van der Waals surface area contributed by atoms with Gasteiger partial charge in [-0.3, -0.25) is 4.79 Å². The summed E-state index contributed by atoms with van der Waals surface area (Å²) < 4.78 is 27.2. The fourth-order valence-corrected chi connectivity index (χ4v) is 5.45. The second kappa shape index (κ2) is 9.69. The number of rotatable bonds is 6. The van der Waals surface area contributed by atoms with Gasteiger partial charge in [-0.2, -0.15) is 0 Å². The fourth-order valence-electron chi connectivity index (χ4n) is 3.54. The minimum Gasteiger partial charge on any atom is -0.326 e. The molecule has 30 heavy (non-hydrogen) atoms. The maximum atomic E-state index is 12.9. The van der Waals surface area contributed by atoms with Crippen molar-refractivity contribution in [2.45, 2.75) is 38.4 Å². The van der Waals surface area contributed by atoms with Gasteiger partial charge in [0.2, 0.25) is 15.9 Å². The zero-order valence-corrected chi connectivity index (χ0v) is 19.4. The highest BCUT2D eigenvalue weighted by Crippen LogP contribution is 2.26. The molecule has 0 radical (unpaired) electrons. The van der Waals surface area contributed by atoms with E-state index in [4.69, 9.17) is 23.2 Å². The molecular weight excluding hydrogens is 443 g/mol. The zero-order valence-electron chi connectivity index (χ0n) is 17.1. The number of nitrogens with one attached hydrogen (secondary N) is 1. The molecule has 2 aromatic rings. The van der Waals surface area contributed by atoms with E-state index in [0.29, 0.717) is 40.9 Å². The van der Waals surface area contributed by atoms with E-state index in [-0.39, 0.29) is 24.1 Å². The minimum absolute atomic E-state index is 0.151. The Morgan fingerprint density at radius 3 is 2.47 bits per heavy atom. The average Bonchev–Trinajstić information content (AvgIpc) is 2.71. The first-order valence-corrected chi connectivity index (χ1v) is 12.3. The molecule has 1 N–H and O–H groups in total. The van der Waals surface area contributed by atoms with Crippen molar-refractivity contribution in [3.05, 3.63) is 63.6 Å². The first-order chi connectivity index (χ1) is 14.2. The molecule has 5 nitrogen and oxygen atoms in total. The highest BCUT2D eigenvalue weighted by Gasteiger charge is 2.32. The summed E-state index contributed by atoms with van der Waals surface area (Å²) in [5, 5.41) is 3.63. The lowest BCUT2D eigenvalue weighted by Crippen LogP contribution is -2.44. The molecule has 1 saturated heterocycles. The molecule has 1 heterocycles. The molecule has 0 spiro atoms. The van der Waals surface area contributed by atoms with Gasteiger partial charge in [0.1, 0.15) is 0 Å². The first-order valence-electron chi connectivity index (χ1n) is 9.98. The van der Waals surface area contributed by atoms with Crippen molar-refractivity contribution in [2.75, 3.05) is 18.4 Å². The van der Waals surface area contributed by atoms with Gasteiger partial charge in [-0.15, -0.1) is 0 Å². The largest absolute Gasteiger partial charge is 0.326 e. The van der Waals surface area contributed by atoms with Crippen molar-refractivity contribution >= 4 is 44.8 Å². The SMILES string of the molecule is CC(C)c1ccc(NC(=O)C2CCCN(S(=O)(=O)Cc3ccc(Cl)c(Cl)c3)C2)cc1. The van der Waals surface area contributed by atoms with Crippen LogP contribution in [0.4, 0.5) is 5.69 Å². The molecule has 8 heteroatoms. The molecule has 1 aliphatic rings. The van der Waals surface area contributed by atoms with Crippen LogP contribution in [0, 0.1) is 5.92 Å². The van der Waals surface area contributed by atoms with Crippen molar-refractivity contribution in [2.24, 2.45) is 5.92 Å². The van der Waals surface area contributed by atoms with E-state index in [1.807, 2.05) is 24.3 Å². The Labute approximate surface area is 188 Å². The molecule has 3 rings (SSSR count). The molecule has 0 saturated carbocycles. The first kappa shape index (κ1) is 23.1. The Morgan fingerprint density at radius 2 is 1.83 bits per heavy atom. The lowest BCUT2D eigenvalue weighted by atomic mass is 9.98. The molecule has 0 aliphatic carbocycles. The Bertz CT molecular complexity index is 1010.